The molecule has 5 nitrogen and oxygen atoms in total. The quantitative estimate of drug-likeness (QED) is 0.817. The summed E-state index contributed by atoms with van der Waals surface area (Å²) in [6, 6.07) is 2.32. The summed E-state index contributed by atoms with van der Waals surface area (Å²) in [5, 5.41) is 13.3. The normalized spacial score (nSPS) is 20.6. The minimum Gasteiger partial charge on any atom is -0.377 e. The second kappa shape index (κ2) is 8.79. The zero-order chi connectivity index (χ0) is 17.6. The zero-order valence-corrected chi connectivity index (χ0v) is 15.8. The van der Waals surface area contributed by atoms with Crippen molar-refractivity contribution in [2.75, 3.05) is 32.1 Å². The van der Waals surface area contributed by atoms with Gasteiger partial charge in [0, 0.05) is 18.0 Å². The van der Waals surface area contributed by atoms with Crippen LogP contribution < -0.4 is 5.32 Å². The molecule has 136 valence electrons. The molecule has 0 aromatic carbocycles. The number of thiophene rings is 1. The van der Waals surface area contributed by atoms with Crippen LogP contribution in [0.5, 0.6) is 0 Å². The molecule has 0 spiro atoms. The maximum Gasteiger partial charge on any atom is 0.239 e. The van der Waals surface area contributed by atoms with Gasteiger partial charge in [0.2, 0.25) is 5.91 Å². The Hall–Kier alpha value is -1.42. The van der Waals surface area contributed by atoms with E-state index in [1.165, 1.54) is 29.7 Å². The fraction of sp³-hybridized carbons (Fsp3) is 0.684. The molecule has 1 N–H and O–H groups in total. The van der Waals surface area contributed by atoms with Crippen molar-refractivity contribution in [3.8, 4) is 6.07 Å². The van der Waals surface area contributed by atoms with Crippen LogP contribution in [0, 0.1) is 11.3 Å². The van der Waals surface area contributed by atoms with Crippen molar-refractivity contribution < 1.29 is 9.53 Å². The molecule has 6 heteroatoms. The number of hydrogen-bond donors (Lipinski definition) is 1. The van der Waals surface area contributed by atoms with Gasteiger partial charge < -0.3 is 10.1 Å². The van der Waals surface area contributed by atoms with Crippen LogP contribution in [-0.2, 0) is 22.4 Å². The van der Waals surface area contributed by atoms with Crippen LogP contribution in [0.3, 0.4) is 0 Å². The number of fused-ring (bicyclic) bond motifs is 1. The lowest BCUT2D eigenvalue weighted by Crippen LogP contribution is -2.37. The van der Waals surface area contributed by atoms with Crippen LogP contribution >= 0.6 is 11.3 Å². The minimum absolute atomic E-state index is 0.0498. The van der Waals surface area contributed by atoms with E-state index in [9.17, 15) is 10.1 Å². The van der Waals surface area contributed by atoms with Crippen LogP contribution in [0.2, 0.25) is 0 Å². The number of ether oxygens (including phenoxy) is 1. The van der Waals surface area contributed by atoms with Crippen molar-refractivity contribution in [2.24, 2.45) is 0 Å². The average molecular weight is 362 g/mol. The van der Waals surface area contributed by atoms with Gasteiger partial charge in [-0.25, -0.2) is 0 Å². The first-order valence-electron chi connectivity index (χ1n) is 9.32. The van der Waals surface area contributed by atoms with E-state index in [1.54, 1.807) is 11.3 Å². The standard InChI is InChI=1S/C19H27N3O2S/c1-22(12-14-7-5-6-10-24-14)13-18(23)21-19-16(11-20)15-8-3-2-4-9-17(15)25-19/h14H,2-10,12-13H2,1H3,(H,21,23). The number of carbonyl (C=O) groups is 1. The molecular formula is C19H27N3O2S. The van der Waals surface area contributed by atoms with Crippen LogP contribution in [0.25, 0.3) is 0 Å². The number of amides is 1. The highest BCUT2D eigenvalue weighted by molar-refractivity contribution is 7.16. The molecule has 1 amide bonds. The largest absolute Gasteiger partial charge is 0.377 e. The van der Waals surface area contributed by atoms with Gasteiger partial charge in [-0.1, -0.05) is 6.42 Å². The lowest BCUT2D eigenvalue weighted by molar-refractivity contribution is -0.117. The Morgan fingerprint density at radius 2 is 2.16 bits per heavy atom. The van der Waals surface area contributed by atoms with Crippen molar-refractivity contribution in [2.45, 2.75) is 57.5 Å². The van der Waals surface area contributed by atoms with Gasteiger partial charge in [0.1, 0.15) is 11.1 Å². The number of carbonyl (C=O) groups excluding carboxylic acids is 1. The van der Waals surface area contributed by atoms with E-state index in [0.29, 0.717) is 12.1 Å². The molecule has 0 radical (unpaired) electrons. The fourth-order valence-corrected chi connectivity index (χ4v) is 4.98. The Bertz CT molecular complexity index is 644. The molecule has 1 aromatic rings. The van der Waals surface area contributed by atoms with Gasteiger partial charge in [-0.3, -0.25) is 9.69 Å². The summed E-state index contributed by atoms with van der Waals surface area (Å²) >= 11 is 1.59. The molecule has 1 aromatic heterocycles. The first-order valence-corrected chi connectivity index (χ1v) is 10.1. The van der Waals surface area contributed by atoms with E-state index in [1.807, 2.05) is 11.9 Å². The summed E-state index contributed by atoms with van der Waals surface area (Å²) in [6.45, 7) is 1.93. The van der Waals surface area contributed by atoms with Crippen molar-refractivity contribution in [3.63, 3.8) is 0 Å². The summed E-state index contributed by atoms with van der Waals surface area (Å²) in [6.07, 6.45) is 9.18. The van der Waals surface area contributed by atoms with Crippen LogP contribution in [0.1, 0.15) is 54.5 Å². The number of hydrogen-bond acceptors (Lipinski definition) is 5. The van der Waals surface area contributed by atoms with Crippen LogP contribution in [0.4, 0.5) is 5.00 Å². The SMILES string of the molecule is CN(CC(=O)Nc1sc2c(c1C#N)CCCCC2)CC1CCCCO1. The minimum atomic E-state index is -0.0498. The molecule has 0 saturated carbocycles. The molecule has 1 fully saturated rings. The van der Waals surface area contributed by atoms with E-state index < -0.39 is 0 Å². The summed E-state index contributed by atoms with van der Waals surface area (Å²) in [7, 11) is 1.95. The summed E-state index contributed by atoms with van der Waals surface area (Å²) in [5.41, 5.74) is 1.86. The second-order valence-corrected chi connectivity index (χ2v) is 8.22. The molecule has 2 aliphatic rings. The maximum atomic E-state index is 12.4. The Balaban J connectivity index is 1.58. The molecule has 3 rings (SSSR count). The van der Waals surface area contributed by atoms with Crippen molar-refractivity contribution >= 4 is 22.2 Å². The van der Waals surface area contributed by atoms with Gasteiger partial charge in [0.25, 0.3) is 0 Å². The molecular weight excluding hydrogens is 334 g/mol. The molecule has 0 bridgehead atoms. The Morgan fingerprint density at radius 1 is 1.32 bits per heavy atom. The van der Waals surface area contributed by atoms with E-state index in [4.69, 9.17) is 4.74 Å². The lowest BCUT2D eigenvalue weighted by atomic mass is 10.1. The number of nitrogens with zero attached hydrogens (tertiary/aromatic N) is 2. The third-order valence-electron chi connectivity index (χ3n) is 4.99. The van der Waals surface area contributed by atoms with Gasteiger partial charge in [0.05, 0.1) is 18.2 Å². The third-order valence-corrected chi connectivity index (χ3v) is 6.20. The average Bonchev–Trinajstić information content (AvgIpc) is 2.75. The van der Waals surface area contributed by atoms with Crippen LogP contribution in [0.15, 0.2) is 0 Å². The maximum absolute atomic E-state index is 12.4. The number of nitrogens with one attached hydrogen (secondary N) is 1. The van der Waals surface area contributed by atoms with E-state index in [2.05, 4.69) is 11.4 Å². The number of nitriles is 1. The van der Waals surface area contributed by atoms with E-state index >= 15 is 0 Å². The predicted octanol–water partition coefficient (Wildman–Crippen LogP) is 3.33. The van der Waals surface area contributed by atoms with Gasteiger partial charge in [0.15, 0.2) is 0 Å². The first-order chi connectivity index (χ1) is 12.2. The van der Waals surface area contributed by atoms with Crippen molar-refractivity contribution in [1.82, 2.24) is 4.90 Å². The molecule has 1 unspecified atom stereocenters. The molecule has 2 heterocycles. The second-order valence-electron chi connectivity index (χ2n) is 7.11. The predicted molar refractivity (Wildman–Crippen MR) is 100 cm³/mol. The topological polar surface area (TPSA) is 65.4 Å². The highest BCUT2D eigenvalue weighted by atomic mass is 32.1. The van der Waals surface area contributed by atoms with Crippen LogP contribution in [-0.4, -0.2) is 43.7 Å². The number of rotatable bonds is 5. The van der Waals surface area contributed by atoms with E-state index in [0.717, 1.165) is 50.3 Å². The Labute approximate surface area is 154 Å². The Kier molecular flexibility index (Phi) is 6.46. The number of aryl methyl sites for hydroxylation is 1. The molecule has 1 atom stereocenters. The number of likely N-dealkylation sites (N-methyl/N-ethyl adjacent to an activating group) is 1. The first kappa shape index (κ1) is 18.4. The summed E-state index contributed by atoms with van der Waals surface area (Å²) < 4.78 is 5.74. The highest BCUT2D eigenvalue weighted by Crippen LogP contribution is 2.36. The van der Waals surface area contributed by atoms with Gasteiger partial charge in [-0.2, -0.15) is 5.26 Å². The Morgan fingerprint density at radius 3 is 2.92 bits per heavy atom. The van der Waals surface area contributed by atoms with Gasteiger partial charge >= 0.3 is 0 Å². The molecule has 1 aliphatic heterocycles. The molecule has 25 heavy (non-hydrogen) atoms. The molecule has 1 saturated heterocycles. The summed E-state index contributed by atoms with van der Waals surface area (Å²) in [5.74, 6) is -0.0498. The molecule has 1 aliphatic carbocycles. The smallest absolute Gasteiger partial charge is 0.239 e. The van der Waals surface area contributed by atoms with Crippen molar-refractivity contribution in [1.29, 1.82) is 5.26 Å². The third kappa shape index (κ3) is 4.81. The van der Waals surface area contributed by atoms with E-state index in [-0.39, 0.29) is 12.0 Å². The van der Waals surface area contributed by atoms with Crippen molar-refractivity contribution in [3.05, 3.63) is 16.0 Å². The number of anilines is 1. The summed E-state index contributed by atoms with van der Waals surface area (Å²) in [4.78, 5) is 15.7. The fourth-order valence-electron chi connectivity index (χ4n) is 3.72. The lowest BCUT2D eigenvalue weighted by Gasteiger charge is -2.27. The van der Waals surface area contributed by atoms with Gasteiger partial charge in [-0.15, -0.1) is 11.3 Å². The highest BCUT2D eigenvalue weighted by Gasteiger charge is 2.22. The van der Waals surface area contributed by atoms with Gasteiger partial charge in [-0.05, 0) is 57.6 Å². The monoisotopic (exact) mass is 361 g/mol. The zero-order valence-electron chi connectivity index (χ0n) is 15.0.